The Bertz CT molecular complexity index is 152. The van der Waals surface area contributed by atoms with Gasteiger partial charge in [0.15, 0.2) is 0 Å². The van der Waals surface area contributed by atoms with Gasteiger partial charge in [0.25, 0.3) is 0 Å². The number of hydrogen-bond acceptors (Lipinski definition) is 3. The van der Waals surface area contributed by atoms with Crippen molar-refractivity contribution in [1.29, 1.82) is 0 Å². The topological polar surface area (TPSA) is 32.3 Å². The minimum Gasteiger partial charge on any atom is -0.388 e. The summed E-state index contributed by atoms with van der Waals surface area (Å²) in [5.41, 5.74) is -0.659. The zero-order valence-electron chi connectivity index (χ0n) is 6.05. The van der Waals surface area contributed by atoms with E-state index in [1.165, 1.54) is 0 Å². The van der Waals surface area contributed by atoms with Gasteiger partial charge in [0.2, 0.25) is 0 Å². The van der Waals surface area contributed by atoms with Crippen molar-refractivity contribution in [3.8, 4) is 0 Å². The van der Waals surface area contributed by atoms with Crippen LogP contribution in [0, 0.1) is 0 Å². The molecule has 2 N–H and O–H groups in total. The summed E-state index contributed by atoms with van der Waals surface area (Å²) >= 11 is 6.50. The third-order valence-corrected chi connectivity index (χ3v) is 2.88. The summed E-state index contributed by atoms with van der Waals surface area (Å²) in [6, 6.07) is 0.116. The molecule has 0 radical (unpaired) electrons. The fourth-order valence-electron chi connectivity index (χ4n) is 0.765. The van der Waals surface area contributed by atoms with Crippen LogP contribution in [0.4, 0.5) is 0 Å². The van der Waals surface area contributed by atoms with Gasteiger partial charge in [0.1, 0.15) is 4.32 Å². The Kier molecular flexibility index (Phi) is 2.22. The van der Waals surface area contributed by atoms with Gasteiger partial charge >= 0.3 is 0 Å². The van der Waals surface area contributed by atoms with E-state index in [1.807, 2.05) is 0 Å². The molecule has 0 aromatic rings. The highest BCUT2D eigenvalue weighted by molar-refractivity contribution is 8.23. The summed E-state index contributed by atoms with van der Waals surface area (Å²) in [6.07, 6.45) is 0. The molecule has 1 heterocycles. The van der Waals surface area contributed by atoms with Gasteiger partial charge in [0.05, 0.1) is 11.6 Å². The molecule has 0 amide bonds. The van der Waals surface area contributed by atoms with E-state index in [9.17, 15) is 5.11 Å². The van der Waals surface area contributed by atoms with Crippen molar-refractivity contribution in [2.75, 3.05) is 5.75 Å². The lowest BCUT2D eigenvalue weighted by atomic mass is 10.0. The quantitative estimate of drug-likeness (QED) is 0.579. The van der Waals surface area contributed by atoms with Gasteiger partial charge in [-0.2, -0.15) is 0 Å². The number of aliphatic hydroxyl groups is 1. The molecular formula is C6H11NOS2. The van der Waals surface area contributed by atoms with Crippen LogP contribution in [0.1, 0.15) is 13.8 Å². The largest absolute Gasteiger partial charge is 0.388 e. The summed E-state index contributed by atoms with van der Waals surface area (Å²) in [6.45, 7) is 3.58. The molecule has 0 spiro atoms. The highest BCUT2D eigenvalue weighted by Crippen LogP contribution is 2.21. The number of nitrogens with one attached hydrogen (secondary N) is 1. The van der Waals surface area contributed by atoms with Crippen LogP contribution in [0.5, 0.6) is 0 Å². The molecule has 0 saturated carbocycles. The summed E-state index contributed by atoms with van der Waals surface area (Å²) in [4.78, 5) is 0. The van der Waals surface area contributed by atoms with Crippen LogP contribution < -0.4 is 5.32 Å². The molecule has 1 saturated heterocycles. The molecule has 4 heteroatoms. The maximum Gasteiger partial charge on any atom is 0.134 e. The van der Waals surface area contributed by atoms with Gasteiger partial charge in [-0.15, -0.1) is 0 Å². The maximum atomic E-state index is 9.50. The highest BCUT2D eigenvalue weighted by atomic mass is 32.2. The van der Waals surface area contributed by atoms with Crippen molar-refractivity contribution in [2.24, 2.45) is 0 Å². The second-order valence-corrected chi connectivity index (χ2v) is 4.65. The molecule has 0 unspecified atom stereocenters. The van der Waals surface area contributed by atoms with Crippen molar-refractivity contribution in [3.05, 3.63) is 0 Å². The second-order valence-electron chi connectivity index (χ2n) is 2.95. The number of thiocarbonyl (C=S) groups is 1. The number of thioether (sulfide) groups is 1. The van der Waals surface area contributed by atoms with Crippen LogP contribution >= 0.6 is 24.0 Å². The van der Waals surface area contributed by atoms with E-state index in [0.29, 0.717) is 0 Å². The molecular weight excluding hydrogens is 166 g/mol. The molecule has 1 fully saturated rings. The summed E-state index contributed by atoms with van der Waals surface area (Å²) < 4.78 is 0.798. The zero-order valence-corrected chi connectivity index (χ0v) is 7.68. The summed E-state index contributed by atoms with van der Waals surface area (Å²) in [5, 5.41) is 12.5. The van der Waals surface area contributed by atoms with Gasteiger partial charge < -0.3 is 10.4 Å². The highest BCUT2D eigenvalue weighted by Gasteiger charge is 2.31. The molecule has 0 aliphatic carbocycles. The van der Waals surface area contributed by atoms with E-state index >= 15 is 0 Å². The third-order valence-electron chi connectivity index (χ3n) is 1.53. The fourth-order valence-corrected chi connectivity index (χ4v) is 2.15. The zero-order chi connectivity index (χ0) is 7.78. The molecule has 58 valence electrons. The van der Waals surface area contributed by atoms with E-state index in [-0.39, 0.29) is 6.04 Å². The predicted molar refractivity (Wildman–Crippen MR) is 48.3 cm³/mol. The van der Waals surface area contributed by atoms with Crippen molar-refractivity contribution in [2.45, 2.75) is 25.5 Å². The average molecular weight is 177 g/mol. The first-order valence-electron chi connectivity index (χ1n) is 3.16. The van der Waals surface area contributed by atoms with Crippen molar-refractivity contribution < 1.29 is 5.11 Å². The Labute approximate surface area is 70.4 Å². The molecule has 1 atom stereocenters. The van der Waals surface area contributed by atoms with E-state index in [2.05, 4.69) is 5.32 Å². The summed E-state index contributed by atoms with van der Waals surface area (Å²) in [7, 11) is 0. The Morgan fingerprint density at radius 3 is 2.60 bits per heavy atom. The normalized spacial score (nSPS) is 26.7. The van der Waals surface area contributed by atoms with Crippen molar-refractivity contribution in [3.63, 3.8) is 0 Å². The smallest absolute Gasteiger partial charge is 0.134 e. The van der Waals surface area contributed by atoms with Crippen molar-refractivity contribution >= 4 is 28.3 Å². The molecule has 0 bridgehead atoms. The minimum absolute atomic E-state index is 0.116. The van der Waals surface area contributed by atoms with Crippen LogP contribution in [0.25, 0.3) is 0 Å². The van der Waals surface area contributed by atoms with Gasteiger partial charge in [-0.3, -0.25) is 0 Å². The van der Waals surface area contributed by atoms with Crippen molar-refractivity contribution in [1.82, 2.24) is 5.32 Å². The molecule has 0 aromatic heterocycles. The van der Waals surface area contributed by atoms with Gasteiger partial charge in [0, 0.05) is 5.75 Å². The van der Waals surface area contributed by atoms with E-state index in [0.717, 1.165) is 10.1 Å². The predicted octanol–water partition coefficient (Wildman–Crippen LogP) is 0.747. The molecule has 10 heavy (non-hydrogen) atoms. The molecule has 2 nitrogen and oxygen atoms in total. The first-order valence-corrected chi connectivity index (χ1v) is 4.55. The van der Waals surface area contributed by atoms with E-state index < -0.39 is 5.60 Å². The lowest BCUT2D eigenvalue weighted by Gasteiger charge is -2.24. The van der Waals surface area contributed by atoms with Crippen LogP contribution in [0.15, 0.2) is 0 Å². The molecule has 1 aliphatic heterocycles. The Morgan fingerprint density at radius 2 is 2.40 bits per heavy atom. The fraction of sp³-hybridized carbons (Fsp3) is 0.833. The lowest BCUT2D eigenvalue weighted by Crippen LogP contribution is -2.45. The third kappa shape index (κ3) is 1.84. The average Bonchev–Trinajstić information content (AvgIpc) is 2.11. The Morgan fingerprint density at radius 1 is 1.80 bits per heavy atom. The Balaban J connectivity index is 2.53. The molecule has 1 rings (SSSR count). The SMILES string of the molecule is CC(C)(O)[C@@H]1CSC(=S)N1. The monoisotopic (exact) mass is 177 g/mol. The second kappa shape index (κ2) is 2.68. The van der Waals surface area contributed by atoms with Crippen LogP contribution in [-0.2, 0) is 0 Å². The van der Waals surface area contributed by atoms with E-state index in [4.69, 9.17) is 12.2 Å². The summed E-state index contributed by atoms with van der Waals surface area (Å²) in [5.74, 6) is 0.877. The lowest BCUT2D eigenvalue weighted by molar-refractivity contribution is 0.0545. The standard InChI is InChI=1S/C6H11NOS2/c1-6(2,8)4-3-10-5(9)7-4/h4,8H,3H2,1-2H3,(H,7,9)/t4-/m0/s1. The Hall–Kier alpha value is 0.200. The first-order chi connectivity index (χ1) is 4.50. The first kappa shape index (κ1) is 8.30. The molecule has 1 aliphatic rings. The van der Waals surface area contributed by atoms with Gasteiger partial charge in [-0.1, -0.05) is 24.0 Å². The van der Waals surface area contributed by atoms with E-state index in [1.54, 1.807) is 25.6 Å². The van der Waals surface area contributed by atoms with Gasteiger partial charge in [-0.25, -0.2) is 0 Å². The van der Waals surface area contributed by atoms with Gasteiger partial charge in [-0.05, 0) is 13.8 Å². The number of hydrogen-bond donors (Lipinski definition) is 2. The van der Waals surface area contributed by atoms with Crippen LogP contribution in [0.3, 0.4) is 0 Å². The maximum absolute atomic E-state index is 9.50. The van der Waals surface area contributed by atoms with Crippen LogP contribution in [-0.4, -0.2) is 26.8 Å². The molecule has 0 aromatic carbocycles. The minimum atomic E-state index is -0.659. The number of rotatable bonds is 1. The van der Waals surface area contributed by atoms with Crippen LogP contribution in [0.2, 0.25) is 0 Å².